The number of furan rings is 1. The maximum absolute atomic E-state index is 13.5. The summed E-state index contributed by atoms with van der Waals surface area (Å²) in [6.45, 7) is 0.425. The predicted octanol–water partition coefficient (Wildman–Crippen LogP) is 3.21. The minimum Gasteiger partial charge on any atom is -0.467 e. The van der Waals surface area contributed by atoms with Crippen molar-refractivity contribution >= 4 is 17.4 Å². The number of anilines is 2. The zero-order valence-corrected chi connectivity index (χ0v) is 12.3. The molecule has 8 heteroatoms. The molecule has 0 saturated carbocycles. The molecule has 0 aliphatic heterocycles. The minimum absolute atomic E-state index is 0.00211. The predicted molar refractivity (Wildman–Crippen MR) is 82.4 cm³/mol. The number of aromatic nitrogens is 2. The second-order valence-corrected chi connectivity index (χ2v) is 4.82. The van der Waals surface area contributed by atoms with E-state index >= 15 is 0 Å². The lowest BCUT2D eigenvalue weighted by Crippen LogP contribution is -2.15. The Morgan fingerprint density at radius 2 is 2.00 bits per heavy atom. The van der Waals surface area contributed by atoms with Crippen LogP contribution in [0.2, 0.25) is 0 Å². The number of carbonyl (C=O) groups excluding carboxylic acids is 1. The second-order valence-electron chi connectivity index (χ2n) is 4.82. The van der Waals surface area contributed by atoms with E-state index in [1.54, 1.807) is 24.5 Å². The monoisotopic (exact) mass is 330 g/mol. The maximum atomic E-state index is 13.5. The van der Waals surface area contributed by atoms with Crippen LogP contribution in [0.5, 0.6) is 0 Å². The van der Waals surface area contributed by atoms with Gasteiger partial charge in [0.15, 0.2) is 5.69 Å². The molecule has 0 atom stereocenters. The summed E-state index contributed by atoms with van der Waals surface area (Å²) < 4.78 is 31.5. The van der Waals surface area contributed by atoms with Crippen LogP contribution in [0, 0.1) is 11.6 Å². The van der Waals surface area contributed by atoms with E-state index in [0.29, 0.717) is 18.4 Å². The average Bonchev–Trinajstić information content (AvgIpc) is 3.09. The maximum Gasteiger partial charge on any atom is 0.276 e. The van der Waals surface area contributed by atoms with Crippen molar-refractivity contribution in [2.75, 3.05) is 10.6 Å². The van der Waals surface area contributed by atoms with Gasteiger partial charge in [-0.25, -0.2) is 8.78 Å². The van der Waals surface area contributed by atoms with Crippen molar-refractivity contribution in [3.63, 3.8) is 0 Å². The van der Waals surface area contributed by atoms with E-state index in [9.17, 15) is 13.6 Å². The van der Waals surface area contributed by atoms with Gasteiger partial charge in [-0.15, -0.1) is 10.2 Å². The number of nitrogens with one attached hydrogen (secondary N) is 2. The van der Waals surface area contributed by atoms with Crippen molar-refractivity contribution in [1.29, 1.82) is 0 Å². The quantitative estimate of drug-likeness (QED) is 0.751. The molecule has 6 nitrogen and oxygen atoms in total. The molecule has 0 aliphatic carbocycles. The minimum atomic E-state index is -0.868. The lowest BCUT2D eigenvalue weighted by atomic mass is 10.2. The van der Waals surface area contributed by atoms with Gasteiger partial charge in [-0.05, 0) is 36.4 Å². The van der Waals surface area contributed by atoms with E-state index in [1.807, 2.05) is 0 Å². The number of rotatable bonds is 5. The van der Waals surface area contributed by atoms with Gasteiger partial charge in [0.1, 0.15) is 23.2 Å². The summed E-state index contributed by atoms with van der Waals surface area (Å²) in [6, 6.07) is 9.44. The molecule has 0 bridgehead atoms. The lowest BCUT2D eigenvalue weighted by molar-refractivity contribution is 0.102. The first-order chi connectivity index (χ1) is 11.6. The molecular weight excluding hydrogens is 318 g/mol. The molecule has 0 spiro atoms. The Morgan fingerprint density at radius 1 is 1.12 bits per heavy atom. The van der Waals surface area contributed by atoms with Crippen LogP contribution in [-0.2, 0) is 6.54 Å². The van der Waals surface area contributed by atoms with E-state index in [1.165, 1.54) is 6.07 Å². The Balaban J connectivity index is 1.63. The fourth-order valence-corrected chi connectivity index (χ4v) is 1.92. The Labute approximate surface area is 135 Å². The van der Waals surface area contributed by atoms with Crippen molar-refractivity contribution in [3.05, 3.63) is 71.8 Å². The van der Waals surface area contributed by atoms with E-state index in [2.05, 4.69) is 20.8 Å². The fraction of sp³-hybridized carbons (Fsp3) is 0.0625. The molecule has 3 rings (SSSR count). The number of halogens is 2. The highest BCUT2D eigenvalue weighted by Gasteiger charge is 2.12. The first kappa shape index (κ1) is 15.6. The molecule has 1 aromatic carbocycles. The summed E-state index contributed by atoms with van der Waals surface area (Å²) in [5.41, 5.74) is -0.134. The highest BCUT2D eigenvalue weighted by atomic mass is 19.1. The van der Waals surface area contributed by atoms with E-state index in [0.717, 1.165) is 17.9 Å². The Bertz CT molecular complexity index is 836. The number of nitrogens with zero attached hydrogens (tertiary/aromatic N) is 2. The molecule has 0 radical (unpaired) electrons. The van der Waals surface area contributed by atoms with Crippen molar-refractivity contribution in [1.82, 2.24) is 10.2 Å². The first-order valence-electron chi connectivity index (χ1n) is 6.98. The Hall–Kier alpha value is -3.29. The molecule has 2 heterocycles. The van der Waals surface area contributed by atoms with E-state index in [-0.39, 0.29) is 11.4 Å². The normalized spacial score (nSPS) is 10.4. The molecule has 24 heavy (non-hydrogen) atoms. The summed E-state index contributed by atoms with van der Waals surface area (Å²) in [7, 11) is 0. The molecule has 122 valence electrons. The van der Waals surface area contributed by atoms with Crippen molar-refractivity contribution in [2.24, 2.45) is 0 Å². The molecule has 3 aromatic rings. The third-order valence-corrected chi connectivity index (χ3v) is 3.10. The zero-order valence-electron chi connectivity index (χ0n) is 12.3. The van der Waals surface area contributed by atoms with Gasteiger partial charge in [0.05, 0.1) is 18.5 Å². The van der Waals surface area contributed by atoms with Crippen LogP contribution in [-0.4, -0.2) is 16.1 Å². The molecule has 0 aliphatic rings. The van der Waals surface area contributed by atoms with Gasteiger partial charge in [-0.2, -0.15) is 0 Å². The molecular formula is C16H12F2N4O2. The topological polar surface area (TPSA) is 80.0 Å². The van der Waals surface area contributed by atoms with Crippen LogP contribution in [0.15, 0.2) is 53.1 Å². The highest BCUT2D eigenvalue weighted by Crippen LogP contribution is 2.16. The molecule has 2 aromatic heterocycles. The van der Waals surface area contributed by atoms with Crippen LogP contribution in [0.3, 0.4) is 0 Å². The van der Waals surface area contributed by atoms with Gasteiger partial charge in [0.2, 0.25) is 0 Å². The number of amides is 1. The number of carbonyl (C=O) groups is 1. The molecule has 1 amide bonds. The second kappa shape index (κ2) is 6.86. The molecule has 0 fully saturated rings. The molecule has 2 N–H and O–H groups in total. The van der Waals surface area contributed by atoms with Gasteiger partial charge in [-0.3, -0.25) is 4.79 Å². The Kier molecular flexibility index (Phi) is 4.46. The third-order valence-electron chi connectivity index (χ3n) is 3.10. The number of benzene rings is 1. The largest absolute Gasteiger partial charge is 0.467 e. The fourth-order valence-electron chi connectivity index (χ4n) is 1.92. The van der Waals surface area contributed by atoms with Gasteiger partial charge in [-0.1, -0.05) is 0 Å². The van der Waals surface area contributed by atoms with Crippen LogP contribution in [0.4, 0.5) is 20.3 Å². The lowest BCUT2D eigenvalue weighted by Gasteiger charge is -2.06. The van der Waals surface area contributed by atoms with Gasteiger partial charge < -0.3 is 15.1 Å². The summed E-state index contributed by atoms with van der Waals surface area (Å²) >= 11 is 0. The third kappa shape index (κ3) is 3.72. The number of hydrogen-bond acceptors (Lipinski definition) is 5. The van der Waals surface area contributed by atoms with Crippen LogP contribution >= 0.6 is 0 Å². The van der Waals surface area contributed by atoms with Gasteiger partial charge >= 0.3 is 0 Å². The Morgan fingerprint density at radius 3 is 2.67 bits per heavy atom. The summed E-state index contributed by atoms with van der Waals surface area (Å²) in [4.78, 5) is 12.0. The zero-order chi connectivity index (χ0) is 16.9. The van der Waals surface area contributed by atoms with Crippen LogP contribution in [0.1, 0.15) is 16.2 Å². The van der Waals surface area contributed by atoms with Gasteiger partial charge in [0, 0.05) is 6.07 Å². The molecule has 0 unspecified atom stereocenters. The van der Waals surface area contributed by atoms with E-state index < -0.39 is 17.5 Å². The van der Waals surface area contributed by atoms with Gasteiger partial charge in [0.25, 0.3) is 5.91 Å². The van der Waals surface area contributed by atoms with E-state index in [4.69, 9.17) is 4.42 Å². The summed E-state index contributed by atoms with van der Waals surface area (Å²) in [5, 5.41) is 12.9. The SMILES string of the molecule is O=C(Nc1ccc(F)cc1F)c1ccc(NCc2ccco2)nn1. The standard InChI is InChI=1S/C16H12F2N4O2/c17-10-3-4-13(12(18)8-10)20-16(23)14-5-6-15(22-21-14)19-9-11-2-1-7-24-11/h1-8H,9H2,(H,19,22)(H,20,23). The highest BCUT2D eigenvalue weighted by molar-refractivity contribution is 6.02. The van der Waals surface area contributed by atoms with Crippen molar-refractivity contribution in [3.8, 4) is 0 Å². The number of hydrogen-bond donors (Lipinski definition) is 2. The van der Waals surface area contributed by atoms with Crippen molar-refractivity contribution < 1.29 is 18.0 Å². The van der Waals surface area contributed by atoms with Crippen molar-refractivity contribution in [2.45, 2.75) is 6.54 Å². The first-order valence-corrected chi connectivity index (χ1v) is 6.98. The average molecular weight is 330 g/mol. The molecule has 0 saturated heterocycles. The summed E-state index contributed by atoms with van der Waals surface area (Å²) in [6.07, 6.45) is 1.56. The van der Waals surface area contributed by atoms with Crippen LogP contribution in [0.25, 0.3) is 0 Å². The smallest absolute Gasteiger partial charge is 0.276 e. The van der Waals surface area contributed by atoms with Crippen LogP contribution < -0.4 is 10.6 Å². The summed E-state index contributed by atoms with van der Waals surface area (Å²) in [5.74, 6) is -1.06.